The zero-order valence-electron chi connectivity index (χ0n) is 10.7. The van der Waals surface area contributed by atoms with Crippen LogP contribution in [0.5, 0.6) is 0 Å². The molecule has 1 aliphatic carbocycles. The van der Waals surface area contributed by atoms with E-state index < -0.39 is 11.8 Å². The SMILES string of the molecule is CC1CN(C(=O)C2CCCC(F)(F)C2)CCC1Br. The van der Waals surface area contributed by atoms with Crippen molar-refractivity contribution in [1.29, 1.82) is 0 Å². The first kappa shape index (κ1) is 14.2. The van der Waals surface area contributed by atoms with Crippen LogP contribution in [0.25, 0.3) is 0 Å². The summed E-state index contributed by atoms with van der Waals surface area (Å²) in [5.41, 5.74) is 0. The van der Waals surface area contributed by atoms with Crippen LogP contribution in [0.1, 0.15) is 39.0 Å². The van der Waals surface area contributed by atoms with Crippen molar-refractivity contribution in [3.63, 3.8) is 0 Å². The Hall–Kier alpha value is -0.190. The standard InChI is InChI=1S/C13H20BrF2NO/c1-9-8-17(6-4-11(9)14)12(18)10-3-2-5-13(15,16)7-10/h9-11H,2-8H2,1H3. The van der Waals surface area contributed by atoms with Crippen molar-refractivity contribution >= 4 is 21.8 Å². The van der Waals surface area contributed by atoms with Gasteiger partial charge in [0.25, 0.3) is 0 Å². The number of carbonyl (C=O) groups is 1. The lowest BCUT2D eigenvalue weighted by atomic mass is 9.85. The molecule has 0 aromatic rings. The van der Waals surface area contributed by atoms with Crippen LogP contribution in [0, 0.1) is 11.8 Å². The number of alkyl halides is 3. The fourth-order valence-electron chi connectivity index (χ4n) is 2.96. The number of halogens is 3. The zero-order valence-corrected chi connectivity index (χ0v) is 12.3. The van der Waals surface area contributed by atoms with Crippen molar-refractivity contribution < 1.29 is 13.6 Å². The molecule has 0 N–H and O–H groups in total. The van der Waals surface area contributed by atoms with E-state index in [0.717, 1.165) is 6.42 Å². The van der Waals surface area contributed by atoms with Crippen LogP contribution in [0.4, 0.5) is 8.78 Å². The lowest BCUT2D eigenvalue weighted by Crippen LogP contribution is -2.47. The number of hydrogen-bond donors (Lipinski definition) is 0. The van der Waals surface area contributed by atoms with Gasteiger partial charge in [-0.2, -0.15) is 0 Å². The summed E-state index contributed by atoms with van der Waals surface area (Å²) in [5, 5.41) is 0. The molecule has 2 rings (SSSR count). The van der Waals surface area contributed by atoms with Gasteiger partial charge in [-0.3, -0.25) is 4.79 Å². The summed E-state index contributed by atoms with van der Waals surface area (Å²) < 4.78 is 26.7. The molecule has 1 saturated carbocycles. The number of nitrogens with zero attached hydrogens (tertiary/aromatic N) is 1. The van der Waals surface area contributed by atoms with Crippen LogP contribution in [0.2, 0.25) is 0 Å². The molecule has 0 aromatic carbocycles. The molecule has 0 spiro atoms. The predicted octanol–water partition coefficient (Wildman–Crippen LogP) is 3.44. The minimum atomic E-state index is -2.64. The van der Waals surface area contributed by atoms with E-state index in [1.807, 2.05) is 0 Å². The highest BCUT2D eigenvalue weighted by molar-refractivity contribution is 9.09. The number of carbonyl (C=O) groups excluding carboxylic acids is 1. The normalized spacial score (nSPS) is 36.4. The Labute approximate surface area is 115 Å². The first-order valence-electron chi connectivity index (χ1n) is 6.70. The molecule has 5 heteroatoms. The molecule has 1 saturated heterocycles. The van der Waals surface area contributed by atoms with E-state index in [1.54, 1.807) is 4.90 Å². The van der Waals surface area contributed by atoms with Crippen molar-refractivity contribution in [3.8, 4) is 0 Å². The van der Waals surface area contributed by atoms with Gasteiger partial charge in [-0.25, -0.2) is 8.78 Å². The molecule has 1 heterocycles. The molecule has 3 unspecified atom stereocenters. The van der Waals surface area contributed by atoms with E-state index in [1.165, 1.54) is 0 Å². The average Bonchev–Trinajstić information content (AvgIpc) is 2.30. The fourth-order valence-corrected chi connectivity index (χ4v) is 3.33. The van der Waals surface area contributed by atoms with Crippen molar-refractivity contribution in [2.75, 3.05) is 13.1 Å². The Morgan fingerprint density at radius 3 is 2.72 bits per heavy atom. The quantitative estimate of drug-likeness (QED) is 0.677. The highest BCUT2D eigenvalue weighted by atomic mass is 79.9. The van der Waals surface area contributed by atoms with Gasteiger partial charge in [0.15, 0.2) is 0 Å². The largest absolute Gasteiger partial charge is 0.342 e. The van der Waals surface area contributed by atoms with Gasteiger partial charge < -0.3 is 4.90 Å². The first-order chi connectivity index (χ1) is 8.39. The van der Waals surface area contributed by atoms with Crippen LogP contribution < -0.4 is 0 Å². The fraction of sp³-hybridized carbons (Fsp3) is 0.923. The Balaban J connectivity index is 1.95. The van der Waals surface area contributed by atoms with Gasteiger partial charge in [0, 0.05) is 36.7 Å². The van der Waals surface area contributed by atoms with E-state index in [4.69, 9.17) is 0 Å². The molecule has 18 heavy (non-hydrogen) atoms. The van der Waals surface area contributed by atoms with Crippen molar-refractivity contribution in [2.45, 2.75) is 49.8 Å². The molecular weight excluding hydrogens is 304 g/mol. The minimum Gasteiger partial charge on any atom is -0.342 e. The summed E-state index contributed by atoms with van der Waals surface area (Å²) in [6, 6.07) is 0. The summed E-state index contributed by atoms with van der Waals surface area (Å²) in [4.78, 5) is 14.5. The topological polar surface area (TPSA) is 20.3 Å². The second-order valence-corrected chi connectivity index (χ2v) is 6.89. The molecule has 1 amide bonds. The maximum Gasteiger partial charge on any atom is 0.248 e. The minimum absolute atomic E-state index is 0.0550. The lowest BCUT2D eigenvalue weighted by molar-refractivity contribution is -0.144. The first-order valence-corrected chi connectivity index (χ1v) is 7.61. The van der Waals surface area contributed by atoms with Gasteiger partial charge in [0.2, 0.25) is 11.8 Å². The van der Waals surface area contributed by atoms with Crippen LogP contribution in [0.15, 0.2) is 0 Å². The van der Waals surface area contributed by atoms with Crippen molar-refractivity contribution in [2.24, 2.45) is 11.8 Å². The van der Waals surface area contributed by atoms with Gasteiger partial charge in [0.1, 0.15) is 0 Å². The Morgan fingerprint density at radius 2 is 2.11 bits per heavy atom. The monoisotopic (exact) mass is 323 g/mol. The Morgan fingerprint density at radius 1 is 1.39 bits per heavy atom. The summed E-state index contributed by atoms with van der Waals surface area (Å²) in [5.74, 6) is -2.77. The molecule has 0 radical (unpaired) electrons. The van der Waals surface area contributed by atoms with Crippen LogP contribution in [-0.4, -0.2) is 34.6 Å². The number of piperidine rings is 1. The van der Waals surface area contributed by atoms with Crippen molar-refractivity contribution in [3.05, 3.63) is 0 Å². The maximum absolute atomic E-state index is 13.3. The van der Waals surface area contributed by atoms with Gasteiger partial charge >= 0.3 is 0 Å². The number of rotatable bonds is 1. The lowest BCUT2D eigenvalue weighted by Gasteiger charge is -2.38. The van der Waals surface area contributed by atoms with Gasteiger partial charge in [-0.05, 0) is 25.2 Å². The van der Waals surface area contributed by atoms with E-state index in [2.05, 4.69) is 22.9 Å². The van der Waals surface area contributed by atoms with Gasteiger partial charge in [0.05, 0.1) is 0 Å². The molecule has 0 bridgehead atoms. The molecule has 2 fully saturated rings. The highest BCUT2D eigenvalue weighted by Crippen LogP contribution is 2.38. The third kappa shape index (κ3) is 3.22. The van der Waals surface area contributed by atoms with Gasteiger partial charge in [-0.15, -0.1) is 0 Å². The summed E-state index contributed by atoms with van der Waals surface area (Å²) in [6.45, 7) is 3.48. The van der Waals surface area contributed by atoms with E-state index in [0.29, 0.717) is 36.7 Å². The van der Waals surface area contributed by atoms with Crippen LogP contribution in [0.3, 0.4) is 0 Å². The number of amides is 1. The third-order valence-electron chi connectivity index (χ3n) is 4.10. The second kappa shape index (κ2) is 5.43. The zero-order chi connectivity index (χ0) is 13.3. The van der Waals surface area contributed by atoms with Crippen LogP contribution in [-0.2, 0) is 4.79 Å². The predicted molar refractivity (Wildman–Crippen MR) is 70.0 cm³/mol. The molecule has 2 nitrogen and oxygen atoms in total. The smallest absolute Gasteiger partial charge is 0.248 e. The van der Waals surface area contributed by atoms with Gasteiger partial charge in [-0.1, -0.05) is 22.9 Å². The number of likely N-dealkylation sites (tertiary alicyclic amines) is 1. The summed E-state index contributed by atoms with van der Waals surface area (Å²) in [6.07, 6.45) is 1.69. The molecule has 2 aliphatic rings. The molecule has 3 atom stereocenters. The second-order valence-electron chi connectivity index (χ2n) is 5.72. The van der Waals surface area contributed by atoms with Crippen LogP contribution >= 0.6 is 15.9 Å². The van der Waals surface area contributed by atoms with E-state index in [-0.39, 0.29) is 18.7 Å². The molecule has 104 valence electrons. The molecule has 1 aliphatic heterocycles. The summed E-state index contributed by atoms with van der Waals surface area (Å²) in [7, 11) is 0. The summed E-state index contributed by atoms with van der Waals surface area (Å²) >= 11 is 3.59. The maximum atomic E-state index is 13.3. The average molecular weight is 324 g/mol. The Bertz CT molecular complexity index is 324. The van der Waals surface area contributed by atoms with Crippen molar-refractivity contribution in [1.82, 2.24) is 4.90 Å². The Kier molecular flexibility index (Phi) is 4.29. The number of hydrogen-bond acceptors (Lipinski definition) is 1. The van der Waals surface area contributed by atoms with E-state index >= 15 is 0 Å². The third-order valence-corrected chi connectivity index (χ3v) is 5.46. The molecule has 0 aromatic heterocycles. The highest BCUT2D eigenvalue weighted by Gasteiger charge is 2.41. The molecular formula is C13H20BrF2NO. The van der Waals surface area contributed by atoms with E-state index in [9.17, 15) is 13.6 Å².